The number of rotatable bonds is 6. The van der Waals surface area contributed by atoms with Gasteiger partial charge in [0.25, 0.3) is 5.91 Å². The number of para-hydroxylation sites is 1. The third-order valence-electron chi connectivity index (χ3n) is 4.60. The molecule has 6 heteroatoms. The minimum Gasteiger partial charge on any atom is -0.350 e. The van der Waals surface area contributed by atoms with Gasteiger partial charge in [0, 0.05) is 11.6 Å². The van der Waals surface area contributed by atoms with Crippen molar-refractivity contribution in [1.29, 1.82) is 0 Å². The highest BCUT2D eigenvalue weighted by Crippen LogP contribution is 2.25. The van der Waals surface area contributed by atoms with Crippen molar-refractivity contribution < 1.29 is 4.79 Å². The van der Waals surface area contributed by atoms with E-state index in [1.807, 2.05) is 80.5 Å². The molecule has 0 saturated carbocycles. The lowest BCUT2D eigenvalue weighted by Crippen LogP contribution is -2.34. The molecule has 0 saturated heterocycles. The van der Waals surface area contributed by atoms with E-state index in [1.54, 1.807) is 10.9 Å². The van der Waals surface area contributed by atoms with E-state index in [0.29, 0.717) is 17.1 Å². The van der Waals surface area contributed by atoms with Gasteiger partial charge in [0.15, 0.2) is 0 Å². The number of benzene rings is 2. The van der Waals surface area contributed by atoms with Gasteiger partial charge < -0.3 is 10.2 Å². The van der Waals surface area contributed by atoms with Crippen LogP contribution in [0.25, 0.3) is 5.69 Å². The van der Waals surface area contributed by atoms with Crippen LogP contribution in [0.4, 0.5) is 0 Å². The predicted molar refractivity (Wildman–Crippen MR) is 109 cm³/mol. The van der Waals surface area contributed by atoms with Gasteiger partial charge in [-0.25, -0.2) is 4.68 Å². The first-order valence-electron chi connectivity index (χ1n) is 8.78. The maximum atomic E-state index is 12.7. The zero-order valence-electron chi connectivity index (χ0n) is 15.7. The zero-order valence-corrected chi connectivity index (χ0v) is 16.4. The number of carbonyl (C=O) groups is 1. The molecule has 27 heavy (non-hydrogen) atoms. The smallest absolute Gasteiger partial charge is 0.254 e. The average molecular weight is 383 g/mol. The normalized spacial score (nSPS) is 12.2. The lowest BCUT2D eigenvalue weighted by Gasteiger charge is -2.26. The van der Waals surface area contributed by atoms with Gasteiger partial charge in [-0.1, -0.05) is 48.0 Å². The maximum absolute atomic E-state index is 12.7. The Morgan fingerprint density at radius 2 is 1.81 bits per heavy atom. The molecular weight excluding hydrogens is 360 g/mol. The molecule has 3 aromatic rings. The minimum atomic E-state index is -0.145. The highest BCUT2D eigenvalue weighted by atomic mass is 35.5. The predicted octanol–water partition coefficient (Wildman–Crippen LogP) is 3.87. The van der Waals surface area contributed by atoms with Crippen LogP contribution in [-0.2, 0) is 0 Å². The molecule has 1 N–H and O–H groups in total. The van der Waals surface area contributed by atoms with Crippen LogP contribution in [0.1, 0.15) is 27.7 Å². The van der Waals surface area contributed by atoms with Gasteiger partial charge >= 0.3 is 0 Å². The molecule has 0 bridgehead atoms. The lowest BCUT2D eigenvalue weighted by atomic mass is 10.1. The third-order valence-corrected chi connectivity index (χ3v) is 4.94. The summed E-state index contributed by atoms with van der Waals surface area (Å²) in [4.78, 5) is 14.8. The van der Waals surface area contributed by atoms with E-state index < -0.39 is 0 Å². The van der Waals surface area contributed by atoms with Crippen LogP contribution >= 0.6 is 11.6 Å². The van der Waals surface area contributed by atoms with Gasteiger partial charge in [-0.3, -0.25) is 4.79 Å². The Morgan fingerprint density at radius 3 is 2.48 bits per heavy atom. The van der Waals surface area contributed by atoms with E-state index in [-0.39, 0.29) is 11.9 Å². The van der Waals surface area contributed by atoms with Crippen molar-refractivity contribution >= 4 is 17.5 Å². The van der Waals surface area contributed by atoms with Gasteiger partial charge in [0.05, 0.1) is 29.2 Å². The number of nitrogens with zero attached hydrogens (tertiary/aromatic N) is 3. The first-order valence-corrected chi connectivity index (χ1v) is 9.16. The Bertz CT molecular complexity index is 921. The lowest BCUT2D eigenvalue weighted by molar-refractivity contribution is 0.0941. The van der Waals surface area contributed by atoms with Crippen LogP contribution in [0.2, 0.25) is 5.02 Å². The van der Waals surface area contributed by atoms with E-state index in [0.717, 1.165) is 16.9 Å². The van der Waals surface area contributed by atoms with Crippen LogP contribution in [0.3, 0.4) is 0 Å². The van der Waals surface area contributed by atoms with E-state index in [2.05, 4.69) is 10.4 Å². The number of hydrogen-bond donors (Lipinski definition) is 1. The summed E-state index contributed by atoms with van der Waals surface area (Å²) in [6.07, 6.45) is 1.61. The van der Waals surface area contributed by atoms with Gasteiger partial charge in [-0.15, -0.1) is 0 Å². The van der Waals surface area contributed by atoms with Crippen molar-refractivity contribution in [2.75, 3.05) is 20.6 Å². The second-order valence-corrected chi connectivity index (χ2v) is 7.01. The number of hydrogen-bond acceptors (Lipinski definition) is 3. The molecule has 0 radical (unpaired) electrons. The van der Waals surface area contributed by atoms with E-state index >= 15 is 0 Å². The minimum absolute atomic E-state index is 0.0212. The van der Waals surface area contributed by atoms with Crippen molar-refractivity contribution in [3.8, 4) is 5.69 Å². The maximum Gasteiger partial charge on any atom is 0.254 e. The van der Waals surface area contributed by atoms with Gasteiger partial charge in [-0.05, 0) is 44.8 Å². The largest absolute Gasteiger partial charge is 0.350 e. The van der Waals surface area contributed by atoms with Crippen molar-refractivity contribution in [2.45, 2.75) is 13.0 Å². The fourth-order valence-corrected chi connectivity index (χ4v) is 3.32. The fourth-order valence-electron chi connectivity index (χ4n) is 3.06. The number of amides is 1. The van der Waals surface area contributed by atoms with Crippen LogP contribution in [0.5, 0.6) is 0 Å². The highest BCUT2D eigenvalue weighted by Gasteiger charge is 2.20. The number of likely N-dealkylation sites (N-methyl/N-ethyl adjacent to an activating group) is 1. The Morgan fingerprint density at radius 1 is 1.15 bits per heavy atom. The third kappa shape index (κ3) is 4.21. The number of carbonyl (C=O) groups excluding carboxylic acids is 1. The van der Waals surface area contributed by atoms with Crippen molar-refractivity contribution in [2.24, 2.45) is 0 Å². The summed E-state index contributed by atoms with van der Waals surface area (Å²) in [5, 5.41) is 8.08. The van der Waals surface area contributed by atoms with Crippen LogP contribution in [0, 0.1) is 6.92 Å². The van der Waals surface area contributed by atoms with Gasteiger partial charge in [0.2, 0.25) is 0 Å². The summed E-state index contributed by atoms with van der Waals surface area (Å²) < 4.78 is 1.77. The highest BCUT2D eigenvalue weighted by molar-refractivity contribution is 6.31. The topological polar surface area (TPSA) is 50.2 Å². The molecule has 5 nitrogen and oxygen atoms in total. The van der Waals surface area contributed by atoms with Crippen molar-refractivity contribution in [3.63, 3.8) is 0 Å². The molecule has 140 valence electrons. The molecule has 0 spiro atoms. The summed E-state index contributed by atoms with van der Waals surface area (Å²) in [7, 11) is 3.94. The molecule has 0 aliphatic heterocycles. The molecule has 2 aromatic carbocycles. The standard InChI is InChI=1S/C21H23ClN4O/c1-15-18(13-24-26(15)16-9-5-4-6-10-16)21(27)23-14-20(25(2)3)17-11-7-8-12-19(17)22/h4-13,20H,14H2,1-3H3,(H,23,27). The molecule has 0 aliphatic carbocycles. The average Bonchev–Trinajstić information content (AvgIpc) is 3.05. The molecule has 1 heterocycles. The summed E-state index contributed by atoms with van der Waals surface area (Å²) in [6.45, 7) is 2.35. The van der Waals surface area contributed by atoms with Crippen LogP contribution < -0.4 is 5.32 Å². The zero-order chi connectivity index (χ0) is 19.4. The van der Waals surface area contributed by atoms with Gasteiger partial charge in [0.1, 0.15) is 0 Å². The number of halogens is 1. The Labute approximate surface area is 164 Å². The Kier molecular flexibility index (Phi) is 5.94. The Balaban J connectivity index is 1.76. The molecule has 1 amide bonds. The van der Waals surface area contributed by atoms with E-state index in [9.17, 15) is 4.79 Å². The molecule has 0 aliphatic rings. The monoisotopic (exact) mass is 382 g/mol. The summed E-state index contributed by atoms with van der Waals surface area (Å²) in [5.41, 5.74) is 3.28. The quantitative estimate of drug-likeness (QED) is 0.704. The molecular formula is C21H23ClN4O. The summed E-state index contributed by atoms with van der Waals surface area (Å²) in [6, 6.07) is 17.4. The van der Waals surface area contributed by atoms with E-state index in [4.69, 9.17) is 11.6 Å². The fraction of sp³-hybridized carbons (Fsp3) is 0.238. The van der Waals surface area contributed by atoms with E-state index in [1.165, 1.54) is 0 Å². The molecule has 0 fully saturated rings. The number of nitrogens with one attached hydrogen (secondary N) is 1. The SMILES string of the molecule is Cc1c(C(=O)NCC(c2ccccc2Cl)N(C)C)cnn1-c1ccccc1. The first-order chi connectivity index (χ1) is 13.0. The summed E-state index contributed by atoms with van der Waals surface area (Å²) in [5.74, 6) is -0.145. The Hall–Kier alpha value is -2.63. The van der Waals surface area contributed by atoms with Crippen LogP contribution in [-0.4, -0.2) is 41.2 Å². The first kappa shape index (κ1) is 19.1. The van der Waals surface area contributed by atoms with Crippen molar-refractivity contribution in [3.05, 3.63) is 82.6 Å². The summed E-state index contributed by atoms with van der Waals surface area (Å²) >= 11 is 6.34. The van der Waals surface area contributed by atoms with Gasteiger partial charge in [-0.2, -0.15) is 5.10 Å². The molecule has 3 rings (SSSR count). The second-order valence-electron chi connectivity index (χ2n) is 6.60. The number of aromatic nitrogens is 2. The molecule has 1 atom stereocenters. The van der Waals surface area contributed by atoms with Crippen LogP contribution in [0.15, 0.2) is 60.8 Å². The molecule has 1 unspecified atom stereocenters. The van der Waals surface area contributed by atoms with Crippen molar-refractivity contribution in [1.82, 2.24) is 20.0 Å². The second kappa shape index (κ2) is 8.37. The molecule has 1 aromatic heterocycles.